The summed E-state index contributed by atoms with van der Waals surface area (Å²) in [5.41, 5.74) is 0. The fourth-order valence-electron chi connectivity index (χ4n) is 1.26. The molecule has 6 nitrogen and oxygen atoms in total. The van der Waals surface area contributed by atoms with E-state index >= 15 is 0 Å². The highest BCUT2D eigenvalue weighted by molar-refractivity contribution is 6.00. The van der Waals surface area contributed by atoms with Crippen molar-refractivity contribution >= 4 is 17.7 Å². The van der Waals surface area contributed by atoms with Crippen LogP contribution in [0.25, 0.3) is 0 Å². The maximum atomic E-state index is 11.3. The monoisotopic (exact) mass is 213 g/mol. The Balaban J connectivity index is 2.36. The molecule has 0 aromatic heterocycles. The van der Waals surface area contributed by atoms with Gasteiger partial charge in [0.1, 0.15) is 0 Å². The van der Waals surface area contributed by atoms with Crippen molar-refractivity contribution in [3.8, 4) is 0 Å². The minimum atomic E-state index is -0.438. The van der Waals surface area contributed by atoms with Crippen molar-refractivity contribution < 1.29 is 14.4 Å². The molecule has 0 spiro atoms. The van der Waals surface area contributed by atoms with Gasteiger partial charge in [0.05, 0.1) is 12.6 Å². The highest BCUT2D eigenvalue weighted by Gasteiger charge is 2.26. The smallest absolute Gasteiger partial charge is 0.243 e. The predicted molar refractivity (Wildman–Crippen MR) is 52.9 cm³/mol. The lowest BCUT2D eigenvalue weighted by Gasteiger charge is -2.22. The van der Waals surface area contributed by atoms with E-state index in [-0.39, 0.29) is 24.3 Å². The maximum absolute atomic E-state index is 11.3. The van der Waals surface area contributed by atoms with Crippen LogP contribution >= 0.6 is 0 Å². The van der Waals surface area contributed by atoms with Gasteiger partial charge in [0, 0.05) is 20.5 Å². The van der Waals surface area contributed by atoms with Gasteiger partial charge in [-0.05, 0) is 6.42 Å². The van der Waals surface area contributed by atoms with Gasteiger partial charge in [-0.25, -0.2) is 0 Å². The number of nitrogens with one attached hydrogen (secondary N) is 2. The molecule has 0 saturated carbocycles. The molecule has 0 aliphatic carbocycles. The lowest BCUT2D eigenvalue weighted by molar-refractivity contribution is -0.134. The molecule has 1 fully saturated rings. The Morgan fingerprint density at radius 3 is 2.73 bits per heavy atom. The standard InChI is InChI=1S/C9H15N3O3/c1-12(2)8(14)5-10-6-3-4-7(13)11-9(6)15/h6,10H,3-5H2,1-2H3,(H,11,13,15). The third-order valence-electron chi connectivity index (χ3n) is 2.24. The Morgan fingerprint density at radius 2 is 2.20 bits per heavy atom. The summed E-state index contributed by atoms with van der Waals surface area (Å²) >= 11 is 0. The van der Waals surface area contributed by atoms with E-state index in [1.807, 2.05) is 0 Å². The lowest BCUT2D eigenvalue weighted by Crippen LogP contribution is -2.52. The Morgan fingerprint density at radius 1 is 1.53 bits per heavy atom. The minimum Gasteiger partial charge on any atom is -0.348 e. The van der Waals surface area contributed by atoms with Gasteiger partial charge in [0.15, 0.2) is 0 Å². The van der Waals surface area contributed by atoms with Crippen molar-refractivity contribution in [2.45, 2.75) is 18.9 Å². The van der Waals surface area contributed by atoms with Crippen LogP contribution in [0.4, 0.5) is 0 Å². The fraction of sp³-hybridized carbons (Fsp3) is 0.667. The van der Waals surface area contributed by atoms with Crippen LogP contribution in [-0.4, -0.2) is 49.3 Å². The molecule has 1 rings (SSSR count). The van der Waals surface area contributed by atoms with Crippen LogP contribution in [-0.2, 0) is 14.4 Å². The number of piperidine rings is 1. The van der Waals surface area contributed by atoms with Crippen molar-refractivity contribution in [3.05, 3.63) is 0 Å². The number of imide groups is 1. The molecule has 0 bridgehead atoms. The lowest BCUT2D eigenvalue weighted by atomic mass is 10.1. The van der Waals surface area contributed by atoms with Crippen LogP contribution in [0, 0.1) is 0 Å². The second-order valence-corrected chi connectivity index (χ2v) is 3.67. The molecule has 84 valence electrons. The molecule has 1 saturated heterocycles. The van der Waals surface area contributed by atoms with Gasteiger partial charge in [-0.15, -0.1) is 0 Å². The molecule has 0 aromatic carbocycles. The van der Waals surface area contributed by atoms with E-state index < -0.39 is 6.04 Å². The Bertz CT molecular complexity index is 288. The normalized spacial score (nSPS) is 21.1. The molecular formula is C9H15N3O3. The van der Waals surface area contributed by atoms with E-state index in [0.717, 1.165) is 0 Å². The number of carbonyl (C=O) groups excluding carboxylic acids is 3. The summed E-state index contributed by atoms with van der Waals surface area (Å²) in [7, 11) is 3.29. The SMILES string of the molecule is CN(C)C(=O)CNC1CCC(=O)NC1=O. The van der Waals surface area contributed by atoms with E-state index in [9.17, 15) is 14.4 Å². The molecule has 0 aromatic rings. The van der Waals surface area contributed by atoms with Crippen LogP contribution in [0.15, 0.2) is 0 Å². The van der Waals surface area contributed by atoms with Gasteiger partial charge in [-0.1, -0.05) is 0 Å². The zero-order valence-corrected chi connectivity index (χ0v) is 8.87. The number of rotatable bonds is 3. The molecule has 1 aliphatic rings. The van der Waals surface area contributed by atoms with Crippen molar-refractivity contribution in [3.63, 3.8) is 0 Å². The fourth-order valence-corrected chi connectivity index (χ4v) is 1.26. The molecular weight excluding hydrogens is 198 g/mol. The van der Waals surface area contributed by atoms with Gasteiger partial charge in [0.2, 0.25) is 17.7 Å². The van der Waals surface area contributed by atoms with Crippen LogP contribution < -0.4 is 10.6 Å². The quantitative estimate of drug-likeness (QED) is 0.557. The van der Waals surface area contributed by atoms with Crippen LogP contribution in [0.2, 0.25) is 0 Å². The maximum Gasteiger partial charge on any atom is 0.243 e. The Labute approximate surface area is 88.0 Å². The number of hydrogen-bond acceptors (Lipinski definition) is 4. The van der Waals surface area contributed by atoms with Gasteiger partial charge >= 0.3 is 0 Å². The van der Waals surface area contributed by atoms with E-state index in [2.05, 4.69) is 10.6 Å². The summed E-state index contributed by atoms with van der Waals surface area (Å²) in [4.78, 5) is 34.8. The van der Waals surface area contributed by atoms with Crippen LogP contribution in [0.1, 0.15) is 12.8 Å². The zero-order chi connectivity index (χ0) is 11.4. The van der Waals surface area contributed by atoms with Gasteiger partial charge < -0.3 is 4.90 Å². The van der Waals surface area contributed by atoms with Crippen LogP contribution in [0.3, 0.4) is 0 Å². The highest BCUT2D eigenvalue weighted by atomic mass is 16.2. The molecule has 1 unspecified atom stereocenters. The summed E-state index contributed by atoms with van der Waals surface area (Å²) < 4.78 is 0. The second kappa shape index (κ2) is 4.88. The third kappa shape index (κ3) is 3.32. The van der Waals surface area contributed by atoms with Crippen molar-refractivity contribution in [2.75, 3.05) is 20.6 Å². The first-order valence-electron chi connectivity index (χ1n) is 4.78. The number of likely N-dealkylation sites (N-methyl/N-ethyl adjacent to an activating group) is 1. The molecule has 1 atom stereocenters. The number of amides is 3. The highest BCUT2D eigenvalue weighted by Crippen LogP contribution is 2.03. The van der Waals surface area contributed by atoms with E-state index in [0.29, 0.717) is 12.8 Å². The van der Waals surface area contributed by atoms with Gasteiger partial charge in [-0.2, -0.15) is 0 Å². The summed E-state index contributed by atoms with van der Waals surface area (Å²) in [6.07, 6.45) is 0.769. The molecule has 15 heavy (non-hydrogen) atoms. The second-order valence-electron chi connectivity index (χ2n) is 3.67. The first-order chi connectivity index (χ1) is 7.00. The minimum absolute atomic E-state index is 0.0975. The Kier molecular flexibility index (Phi) is 3.79. The third-order valence-corrected chi connectivity index (χ3v) is 2.24. The summed E-state index contributed by atoms with van der Waals surface area (Å²) in [6, 6.07) is -0.438. The van der Waals surface area contributed by atoms with Gasteiger partial charge in [0.25, 0.3) is 0 Å². The molecule has 1 aliphatic heterocycles. The average molecular weight is 213 g/mol. The summed E-state index contributed by atoms with van der Waals surface area (Å²) in [6.45, 7) is 0.110. The molecule has 1 heterocycles. The van der Waals surface area contributed by atoms with Crippen molar-refractivity contribution in [2.24, 2.45) is 0 Å². The average Bonchev–Trinajstić information content (AvgIpc) is 2.15. The zero-order valence-electron chi connectivity index (χ0n) is 8.87. The van der Waals surface area contributed by atoms with Gasteiger partial charge in [-0.3, -0.25) is 25.0 Å². The Hall–Kier alpha value is -1.43. The van der Waals surface area contributed by atoms with E-state index in [1.165, 1.54) is 4.90 Å². The number of hydrogen-bond donors (Lipinski definition) is 2. The molecule has 3 amide bonds. The first kappa shape index (κ1) is 11.6. The molecule has 2 N–H and O–H groups in total. The van der Waals surface area contributed by atoms with E-state index in [4.69, 9.17) is 0 Å². The van der Waals surface area contributed by atoms with Crippen LogP contribution in [0.5, 0.6) is 0 Å². The summed E-state index contributed by atoms with van der Waals surface area (Å²) in [5.74, 6) is -0.700. The molecule has 6 heteroatoms. The number of nitrogens with zero attached hydrogens (tertiary/aromatic N) is 1. The predicted octanol–water partition coefficient (Wildman–Crippen LogP) is -1.53. The van der Waals surface area contributed by atoms with Crippen molar-refractivity contribution in [1.82, 2.24) is 15.5 Å². The summed E-state index contributed by atoms with van der Waals surface area (Å²) in [5, 5.41) is 5.03. The number of carbonyl (C=O) groups is 3. The van der Waals surface area contributed by atoms with Crippen molar-refractivity contribution in [1.29, 1.82) is 0 Å². The first-order valence-corrected chi connectivity index (χ1v) is 4.78. The largest absolute Gasteiger partial charge is 0.348 e. The molecule has 0 radical (unpaired) electrons. The van der Waals surface area contributed by atoms with E-state index in [1.54, 1.807) is 14.1 Å². The topological polar surface area (TPSA) is 78.5 Å².